The van der Waals surface area contributed by atoms with Gasteiger partial charge in [0.15, 0.2) is 5.65 Å². The third-order valence-electron chi connectivity index (χ3n) is 5.06. The van der Waals surface area contributed by atoms with E-state index < -0.39 is 5.54 Å². The molecule has 0 radical (unpaired) electrons. The topological polar surface area (TPSA) is 57.0 Å². The van der Waals surface area contributed by atoms with E-state index in [1.54, 1.807) is 11.8 Å². The van der Waals surface area contributed by atoms with Gasteiger partial charge in [-0.25, -0.2) is 9.67 Å². The normalized spacial score (nSPS) is 20.9. The van der Waals surface area contributed by atoms with E-state index in [2.05, 4.69) is 17.0 Å². The number of aldehydes is 1. The number of methoxy groups -OCH3 is 1. The third-order valence-corrected chi connectivity index (χ3v) is 5.25. The van der Waals surface area contributed by atoms with Crippen molar-refractivity contribution in [2.45, 2.75) is 39.3 Å². The Balaban J connectivity index is 0.000000197. The Bertz CT molecular complexity index is 955. The molecule has 1 aromatic carbocycles. The maximum atomic E-state index is 11.4. The fourth-order valence-corrected chi connectivity index (χ4v) is 3.68. The first kappa shape index (κ1) is 19.5. The first-order valence-electron chi connectivity index (χ1n) is 8.95. The molecule has 2 unspecified atom stereocenters. The van der Waals surface area contributed by atoms with Crippen molar-refractivity contribution in [3.05, 3.63) is 58.4 Å². The van der Waals surface area contributed by atoms with E-state index in [9.17, 15) is 4.79 Å². The minimum atomic E-state index is -0.517. The van der Waals surface area contributed by atoms with E-state index >= 15 is 0 Å². The summed E-state index contributed by atoms with van der Waals surface area (Å²) in [5.74, 6) is 0.304. The summed E-state index contributed by atoms with van der Waals surface area (Å²) in [7, 11) is 1.70. The molecule has 0 bridgehead atoms. The SMILES string of the molecule is COCc1ccccc1.Cc1cc(Cl)nc2c1c(C)nn2C1(C=O)CC1C. The van der Waals surface area contributed by atoms with Gasteiger partial charge in [-0.2, -0.15) is 5.10 Å². The van der Waals surface area contributed by atoms with Gasteiger partial charge < -0.3 is 9.53 Å². The molecule has 0 amide bonds. The molecule has 0 N–H and O–H groups in total. The number of rotatable bonds is 4. The van der Waals surface area contributed by atoms with Crippen LogP contribution in [-0.4, -0.2) is 28.2 Å². The quantitative estimate of drug-likeness (QED) is 0.491. The highest BCUT2D eigenvalue weighted by Crippen LogP contribution is 2.49. The maximum Gasteiger partial charge on any atom is 0.160 e. The number of fused-ring (bicyclic) bond motifs is 1. The number of carbonyl (C=O) groups excluding carboxylic acids is 1. The fourth-order valence-electron chi connectivity index (χ4n) is 3.44. The number of halogens is 1. The van der Waals surface area contributed by atoms with Crippen molar-refractivity contribution in [3.63, 3.8) is 0 Å². The Morgan fingerprint density at radius 1 is 1.33 bits per heavy atom. The summed E-state index contributed by atoms with van der Waals surface area (Å²) < 4.78 is 6.69. The van der Waals surface area contributed by atoms with Crippen molar-refractivity contribution >= 4 is 28.9 Å². The van der Waals surface area contributed by atoms with Gasteiger partial charge in [0.1, 0.15) is 17.0 Å². The first-order chi connectivity index (χ1) is 12.9. The lowest BCUT2D eigenvalue weighted by molar-refractivity contribution is -0.112. The molecule has 2 atom stereocenters. The molecule has 2 aromatic heterocycles. The Morgan fingerprint density at radius 3 is 2.56 bits per heavy atom. The number of aryl methyl sites for hydroxylation is 2. The fraction of sp³-hybridized carbons (Fsp3) is 0.381. The molecule has 27 heavy (non-hydrogen) atoms. The van der Waals surface area contributed by atoms with Gasteiger partial charge >= 0.3 is 0 Å². The minimum Gasteiger partial charge on any atom is -0.380 e. The van der Waals surface area contributed by atoms with Crippen molar-refractivity contribution in [1.82, 2.24) is 14.8 Å². The zero-order valence-electron chi connectivity index (χ0n) is 16.1. The minimum absolute atomic E-state index is 0.304. The number of aromatic nitrogens is 3. The van der Waals surface area contributed by atoms with Gasteiger partial charge in [-0.1, -0.05) is 48.9 Å². The molecule has 3 aromatic rings. The number of hydrogen-bond donors (Lipinski definition) is 0. The average Bonchev–Trinajstić information content (AvgIpc) is 3.19. The second-order valence-electron chi connectivity index (χ2n) is 7.09. The zero-order chi connectivity index (χ0) is 19.6. The molecule has 5 nitrogen and oxygen atoms in total. The molecule has 6 heteroatoms. The highest BCUT2D eigenvalue weighted by Gasteiger charge is 2.55. The third kappa shape index (κ3) is 3.75. The summed E-state index contributed by atoms with van der Waals surface area (Å²) >= 11 is 6.01. The van der Waals surface area contributed by atoms with Gasteiger partial charge in [-0.15, -0.1) is 0 Å². The number of benzene rings is 1. The van der Waals surface area contributed by atoms with Crippen LogP contribution in [0, 0.1) is 19.8 Å². The monoisotopic (exact) mass is 385 g/mol. The van der Waals surface area contributed by atoms with Crippen molar-refractivity contribution < 1.29 is 9.53 Å². The van der Waals surface area contributed by atoms with Gasteiger partial charge in [0.2, 0.25) is 0 Å². The van der Waals surface area contributed by atoms with Gasteiger partial charge in [-0.3, -0.25) is 0 Å². The van der Waals surface area contributed by atoms with Crippen molar-refractivity contribution in [3.8, 4) is 0 Å². The molecular weight excluding hydrogens is 362 g/mol. The summed E-state index contributed by atoms with van der Waals surface area (Å²) in [6.45, 7) is 6.68. The summed E-state index contributed by atoms with van der Waals surface area (Å²) in [4.78, 5) is 15.8. The van der Waals surface area contributed by atoms with Crippen LogP contribution < -0.4 is 0 Å². The lowest BCUT2D eigenvalue weighted by atomic mass is 10.1. The van der Waals surface area contributed by atoms with Crippen LogP contribution in [0.3, 0.4) is 0 Å². The molecule has 1 aliphatic carbocycles. The second kappa shape index (κ2) is 7.79. The van der Waals surface area contributed by atoms with Crippen LogP contribution in [0.5, 0.6) is 0 Å². The standard InChI is InChI=1S/C13H14ClN3O.C8H10O/c1-7-4-10(14)15-12-11(7)9(3)16-17(12)13(6-18)5-8(13)2;1-9-7-8-5-3-2-4-6-8/h4,6,8H,5H2,1-3H3;2-6H,7H2,1H3. The summed E-state index contributed by atoms with van der Waals surface area (Å²) in [5, 5.41) is 5.95. The largest absolute Gasteiger partial charge is 0.380 e. The Hall–Kier alpha value is -2.24. The molecule has 0 aliphatic heterocycles. The Morgan fingerprint density at radius 2 is 2.00 bits per heavy atom. The van der Waals surface area contributed by atoms with E-state index in [4.69, 9.17) is 16.3 Å². The number of nitrogens with zero attached hydrogens (tertiary/aromatic N) is 3. The van der Waals surface area contributed by atoms with Gasteiger partial charge in [-0.05, 0) is 43.4 Å². The molecule has 142 valence electrons. The van der Waals surface area contributed by atoms with E-state index in [1.165, 1.54) is 5.56 Å². The summed E-state index contributed by atoms with van der Waals surface area (Å²) in [5.41, 5.74) is 3.36. The molecule has 1 aliphatic rings. The molecule has 0 saturated heterocycles. The van der Waals surface area contributed by atoms with Gasteiger partial charge in [0, 0.05) is 12.5 Å². The molecule has 0 spiro atoms. The molecule has 1 saturated carbocycles. The average molecular weight is 386 g/mol. The number of pyridine rings is 1. The van der Waals surface area contributed by atoms with Crippen LogP contribution in [0.1, 0.15) is 30.2 Å². The lowest BCUT2D eigenvalue weighted by Gasteiger charge is -2.10. The Labute approximate surface area is 164 Å². The maximum absolute atomic E-state index is 11.4. The van der Waals surface area contributed by atoms with Gasteiger partial charge in [0.05, 0.1) is 12.3 Å². The van der Waals surface area contributed by atoms with Crippen LogP contribution in [0.25, 0.3) is 11.0 Å². The lowest BCUT2D eigenvalue weighted by Crippen LogP contribution is -2.22. The first-order valence-corrected chi connectivity index (χ1v) is 9.33. The predicted molar refractivity (Wildman–Crippen MR) is 107 cm³/mol. The molecule has 2 heterocycles. The van der Waals surface area contributed by atoms with Gasteiger partial charge in [0.25, 0.3) is 0 Å². The number of hydrogen-bond acceptors (Lipinski definition) is 4. The highest BCUT2D eigenvalue weighted by molar-refractivity contribution is 6.29. The molecule has 1 fully saturated rings. The summed E-state index contributed by atoms with van der Waals surface area (Å²) in [6.07, 6.45) is 1.81. The van der Waals surface area contributed by atoms with E-state index in [1.807, 2.05) is 50.2 Å². The smallest absolute Gasteiger partial charge is 0.160 e. The van der Waals surface area contributed by atoms with Crippen LogP contribution in [0.4, 0.5) is 0 Å². The zero-order valence-corrected chi connectivity index (χ0v) is 16.8. The van der Waals surface area contributed by atoms with Crippen molar-refractivity contribution in [2.24, 2.45) is 5.92 Å². The molecule has 4 rings (SSSR count). The van der Waals surface area contributed by atoms with Crippen LogP contribution in [0.15, 0.2) is 36.4 Å². The molecular formula is C21H24ClN3O2. The van der Waals surface area contributed by atoms with Crippen molar-refractivity contribution in [2.75, 3.05) is 7.11 Å². The summed E-state index contributed by atoms with van der Waals surface area (Å²) in [6, 6.07) is 11.9. The second-order valence-corrected chi connectivity index (χ2v) is 7.48. The van der Waals surface area contributed by atoms with E-state index in [-0.39, 0.29) is 0 Å². The highest BCUT2D eigenvalue weighted by atomic mass is 35.5. The van der Waals surface area contributed by atoms with Crippen LogP contribution in [0.2, 0.25) is 5.15 Å². The van der Waals surface area contributed by atoms with Crippen LogP contribution >= 0.6 is 11.6 Å². The number of carbonyl (C=O) groups is 1. The predicted octanol–water partition coefficient (Wildman–Crippen LogP) is 4.47. The number of ether oxygens (including phenoxy) is 1. The van der Waals surface area contributed by atoms with E-state index in [0.717, 1.165) is 29.4 Å². The van der Waals surface area contributed by atoms with E-state index in [0.29, 0.717) is 23.3 Å². The van der Waals surface area contributed by atoms with Crippen LogP contribution in [-0.2, 0) is 21.7 Å². The Kier molecular flexibility index (Phi) is 5.63. The van der Waals surface area contributed by atoms with Crippen molar-refractivity contribution in [1.29, 1.82) is 0 Å².